The molecule has 0 aliphatic rings. The van der Waals surface area contributed by atoms with E-state index in [0.29, 0.717) is 0 Å². The van der Waals surface area contributed by atoms with Crippen LogP contribution in [-0.4, -0.2) is 19.3 Å². The van der Waals surface area contributed by atoms with Gasteiger partial charge in [-0.25, -0.2) is 13.4 Å². The number of primary amides is 1. The normalized spacial score (nSPS) is 11.1. The monoisotopic (exact) mass is 311 g/mol. The Kier molecular flexibility index (Phi) is 3.91. The molecule has 1 aromatic carbocycles. The molecule has 0 unspecified atom stereocenters. The molecule has 0 spiro atoms. The van der Waals surface area contributed by atoms with Gasteiger partial charge >= 0.3 is 0 Å². The van der Waals surface area contributed by atoms with Crippen molar-refractivity contribution in [3.63, 3.8) is 0 Å². The van der Waals surface area contributed by atoms with Crippen LogP contribution in [-0.2, 0) is 10.0 Å². The molecule has 0 bridgehead atoms. The lowest BCUT2D eigenvalue weighted by Gasteiger charge is -2.07. The second kappa shape index (κ2) is 5.48. The van der Waals surface area contributed by atoms with Crippen LogP contribution in [0.5, 0.6) is 0 Å². The number of nitrogens with zero attached hydrogens (tertiary/aromatic N) is 1. The molecule has 2 rings (SSSR count). The van der Waals surface area contributed by atoms with Gasteiger partial charge in [0.1, 0.15) is 11.0 Å². The highest BCUT2D eigenvalue weighted by Gasteiger charge is 2.15. The van der Waals surface area contributed by atoms with E-state index in [4.69, 9.17) is 17.3 Å². The zero-order chi connectivity index (χ0) is 14.8. The molecular weight excluding hydrogens is 302 g/mol. The number of halogens is 1. The second-order valence-corrected chi connectivity index (χ2v) is 5.91. The number of anilines is 1. The van der Waals surface area contributed by atoms with Gasteiger partial charge in [-0.2, -0.15) is 0 Å². The summed E-state index contributed by atoms with van der Waals surface area (Å²) in [6.07, 6.45) is 0. The number of rotatable bonds is 4. The second-order valence-electron chi connectivity index (χ2n) is 3.84. The molecule has 104 valence electrons. The number of benzene rings is 1. The number of hydrogen-bond acceptors (Lipinski definition) is 4. The van der Waals surface area contributed by atoms with E-state index in [-0.39, 0.29) is 21.4 Å². The minimum Gasteiger partial charge on any atom is -0.366 e. The van der Waals surface area contributed by atoms with Crippen molar-refractivity contribution >= 4 is 33.3 Å². The highest BCUT2D eigenvalue weighted by atomic mass is 35.5. The molecule has 8 heteroatoms. The Morgan fingerprint density at radius 2 is 1.80 bits per heavy atom. The average molecular weight is 312 g/mol. The molecule has 3 N–H and O–H groups in total. The fourth-order valence-electron chi connectivity index (χ4n) is 1.46. The lowest BCUT2D eigenvalue weighted by Crippen LogP contribution is -2.15. The Balaban J connectivity index is 2.28. The third-order valence-corrected chi connectivity index (χ3v) is 3.98. The molecule has 0 radical (unpaired) electrons. The van der Waals surface area contributed by atoms with Crippen molar-refractivity contribution in [2.24, 2.45) is 5.73 Å². The number of nitrogens with one attached hydrogen (secondary N) is 1. The standard InChI is InChI=1S/C12H10ClN3O3S/c13-10-2-1-3-11(15-10)16-20(18,19)9-6-4-8(5-7-9)12(14)17/h1-7H,(H2,14,17)(H,15,16). The quantitative estimate of drug-likeness (QED) is 0.838. The summed E-state index contributed by atoms with van der Waals surface area (Å²) in [4.78, 5) is 14.7. The summed E-state index contributed by atoms with van der Waals surface area (Å²) in [6.45, 7) is 0. The van der Waals surface area contributed by atoms with Gasteiger partial charge in [0.05, 0.1) is 4.90 Å². The van der Waals surface area contributed by atoms with E-state index in [2.05, 4.69) is 9.71 Å². The minimum absolute atomic E-state index is 0.00993. The van der Waals surface area contributed by atoms with Crippen LogP contribution in [0.15, 0.2) is 47.4 Å². The van der Waals surface area contributed by atoms with Crippen molar-refractivity contribution in [1.82, 2.24) is 4.98 Å². The van der Waals surface area contributed by atoms with Crippen LogP contribution in [0.4, 0.5) is 5.82 Å². The first-order chi connectivity index (χ1) is 9.38. The molecule has 0 atom stereocenters. The zero-order valence-corrected chi connectivity index (χ0v) is 11.6. The van der Waals surface area contributed by atoms with Crippen LogP contribution < -0.4 is 10.5 Å². The maximum absolute atomic E-state index is 12.1. The maximum atomic E-state index is 12.1. The van der Waals surface area contributed by atoms with E-state index in [9.17, 15) is 13.2 Å². The fourth-order valence-corrected chi connectivity index (χ4v) is 2.63. The van der Waals surface area contributed by atoms with Gasteiger partial charge in [0.2, 0.25) is 5.91 Å². The van der Waals surface area contributed by atoms with Gasteiger partial charge in [-0.1, -0.05) is 17.7 Å². The topological polar surface area (TPSA) is 102 Å². The summed E-state index contributed by atoms with van der Waals surface area (Å²) in [5.74, 6) is -0.519. The van der Waals surface area contributed by atoms with E-state index in [0.717, 1.165) is 0 Å². The smallest absolute Gasteiger partial charge is 0.263 e. The van der Waals surface area contributed by atoms with E-state index in [1.807, 2.05) is 0 Å². The van der Waals surface area contributed by atoms with E-state index in [1.165, 1.54) is 36.4 Å². The first-order valence-corrected chi connectivity index (χ1v) is 7.30. The molecule has 0 saturated heterocycles. The number of sulfonamides is 1. The molecular formula is C12H10ClN3O3S. The first-order valence-electron chi connectivity index (χ1n) is 5.44. The predicted octanol–water partition coefficient (Wildman–Crippen LogP) is 1.63. The van der Waals surface area contributed by atoms with Crippen molar-refractivity contribution in [1.29, 1.82) is 0 Å². The van der Waals surface area contributed by atoms with Gasteiger partial charge < -0.3 is 5.73 Å². The van der Waals surface area contributed by atoms with Crippen molar-refractivity contribution in [3.8, 4) is 0 Å². The Morgan fingerprint density at radius 1 is 1.15 bits per heavy atom. The Bertz CT molecular complexity index is 745. The number of amides is 1. The summed E-state index contributed by atoms with van der Waals surface area (Å²) in [7, 11) is -3.80. The lowest BCUT2D eigenvalue weighted by molar-refractivity contribution is 0.1000. The number of nitrogens with two attached hydrogens (primary N) is 1. The Labute approximate surface area is 120 Å². The van der Waals surface area contributed by atoms with Crippen molar-refractivity contribution < 1.29 is 13.2 Å². The van der Waals surface area contributed by atoms with Crippen LogP contribution in [0.3, 0.4) is 0 Å². The SMILES string of the molecule is NC(=O)c1ccc(S(=O)(=O)Nc2cccc(Cl)n2)cc1. The zero-order valence-electron chi connectivity index (χ0n) is 10.1. The van der Waals surface area contributed by atoms with Gasteiger partial charge in [-0.15, -0.1) is 0 Å². The summed E-state index contributed by atoms with van der Waals surface area (Å²) < 4.78 is 26.5. The van der Waals surface area contributed by atoms with E-state index < -0.39 is 15.9 Å². The van der Waals surface area contributed by atoms with Crippen LogP contribution in [0.25, 0.3) is 0 Å². The summed E-state index contributed by atoms with van der Waals surface area (Å²) >= 11 is 5.68. The van der Waals surface area contributed by atoms with Crippen molar-refractivity contribution in [2.45, 2.75) is 4.90 Å². The molecule has 20 heavy (non-hydrogen) atoms. The highest BCUT2D eigenvalue weighted by molar-refractivity contribution is 7.92. The molecule has 1 heterocycles. The molecule has 1 amide bonds. The lowest BCUT2D eigenvalue weighted by atomic mass is 10.2. The third kappa shape index (κ3) is 3.25. The molecule has 2 aromatic rings. The number of pyridine rings is 1. The summed E-state index contributed by atoms with van der Waals surface area (Å²) in [6, 6.07) is 9.82. The van der Waals surface area contributed by atoms with Gasteiger partial charge in [-0.3, -0.25) is 9.52 Å². The number of aromatic nitrogens is 1. The maximum Gasteiger partial charge on any atom is 0.263 e. The van der Waals surface area contributed by atoms with Gasteiger partial charge in [0, 0.05) is 5.56 Å². The molecule has 0 fully saturated rings. The number of carbonyl (C=O) groups is 1. The summed E-state index contributed by atoms with van der Waals surface area (Å²) in [5, 5.41) is 0.175. The largest absolute Gasteiger partial charge is 0.366 e. The first kappa shape index (κ1) is 14.3. The fraction of sp³-hybridized carbons (Fsp3) is 0. The van der Waals surface area contributed by atoms with Gasteiger partial charge in [-0.05, 0) is 36.4 Å². The van der Waals surface area contributed by atoms with E-state index >= 15 is 0 Å². The Morgan fingerprint density at radius 3 is 2.35 bits per heavy atom. The van der Waals surface area contributed by atoms with Crippen molar-refractivity contribution in [3.05, 3.63) is 53.2 Å². The molecule has 0 aliphatic heterocycles. The molecule has 0 aliphatic carbocycles. The molecule has 1 aromatic heterocycles. The molecule has 6 nitrogen and oxygen atoms in total. The van der Waals surface area contributed by atoms with Crippen LogP contribution in [0.2, 0.25) is 5.15 Å². The average Bonchev–Trinajstić information content (AvgIpc) is 2.38. The predicted molar refractivity (Wildman–Crippen MR) is 75.0 cm³/mol. The van der Waals surface area contributed by atoms with E-state index in [1.54, 1.807) is 6.07 Å². The van der Waals surface area contributed by atoms with Gasteiger partial charge in [0.25, 0.3) is 10.0 Å². The highest BCUT2D eigenvalue weighted by Crippen LogP contribution is 2.16. The summed E-state index contributed by atoms with van der Waals surface area (Å²) in [5.41, 5.74) is 5.31. The van der Waals surface area contributed by atoms with Crippen molar-refractivity contribution in [2.75, 3.05) is 4.72 Å². The van der Waals surface area contributed by atoms with Crippen LogP contribution in [0, 0.1) is 0 Å². The van der Waals surface area contributed by atoms with Crippen LogP contribution in [0.1, 0.15) is 10.4 Å². The number of hydrogen-bond donors (Lipinski definition) is 2. The third-order valence-electron chi connectivity index (χ3n) is 2.40. The van der Waals surface area contributed by atoms with Gasteiger partial charge in [0.15, 0.2) is 0 Å². The Hall–Kier alpha value is -2.12. The minimum atomic E-state index is -3.80. The number of carbonyl (C=O) groups excluding carboxylic acids is 1. The molecule has 0 saturated carbocycles. The van der Waals surface area contributed by atoms with Crippen LogP contribution >= 0.6 is 11.6 Å².